The van der Waals surface area contributed by atoms with Gasteiger partial charge in [-0.25, -0.2) is 0 Å². The fourth-order valence-electron chi connectivity index (χ4n) is 2.44. The van der Waals surface area contributed by atoms with Crippen LogP contribution in [-0.4, -0.2) is 12.5 Å². The Morgan fingerprint density at radius 3 is 2.88 bits per heavy atom. The monoisotopic (exact) mass is 359 g/mol. The van der Waals surface area contributed by atoms with Crippen molar-refractivity contribution in [1.82, 2.24) is 5.32 Å². The van der Waals surface area contributed by atoms with Gasteiger partial charge < -0.3 is 9.73 Å². The van der Waals surface area contributed by atoms with Gasteiger partial charge in [-0.15, -0.1) is 11.3 Å². The number of rotatable bonds is 7. The molecule has 24 heavy (non-hydrogen) atoms. The predicted molar refractivity (Wildman–Crippen MR) is 98.5 cm³/mol. The van der Waals surface area contributed by atoms with Crippen molar-refractivity contribution in [2.75, 3.05) is 6.54 Å². The number of aryl methyl sites for hydroxylation is 1. The van der Waals surface area contributed by atoms with E-state index in [2.05, 4.69) is 17.4 Å². The molecule has 0 saturated heterocycles. The van der Waals surface area contributed by atoms with Crippen molar-refractivity contribution in [3.63, 3.8) is 0 Å². The van der Waals surface area contributed by atoms with Crippen molar-refractivity contribution in [1.29, 1.82) is 0 Å². The molecule has 0 aliphatic rings. The number of carbonyl (C=O) groups is 1. The second-order valence-electron chi connectivity index (χ2n) is 5.51. The van der Waals surface area contributed by atoms with E-state index in [1.54, 1.807) is 23.9 Å². The smallest absolute Gasteiger partial charge is 0.220 e. The molecule has 0 spiro atoms. The first-order chi connectivity index (χ1) is 11.7. The van der Waals surface area contributed by atoms with Gasteiger partial charge in [-0.2, -0.15) is 0 Å². The number of nitrogens with one attached hydrogen (secondary N) is 1. The van der Waals surface area contributed by atoms with Gasteiger partial charge in [-0.3, -0.25) is 4.79 Å². The first kappa shape index (κ1) is 16.8. The predicted octanol–water partition coefficient (Wildman–Crippen LogP) is 4.95. The van der Waals surface area contributed by atoms with Crippen molar-refractivity contribution >= 4 is 28.8 Å². The third kappa shape index (κ3) is 4.73. The van der Waals surface area contributed by atoms with Crippen LogP contribution in [0.4, 0.5) is 0 Å². The van der Waals surface area contributed by atoms with Crippen LogP contribution in [0, 0.1) is 0 Å². The standard InChI is InChI=1S/C19H18ClNO2S/c20-16-3-1-2-14(12-16)4-7-19(22)21-10-8-17-5-6-18(24-17)15-9-11-23-13-15/h1-3,5-6,9,11-13H,4,7-8,10H2,(H,21,22). The fourth-order valence-corrected chi connectivity index (χ4v) is 3.64. The summed E-state index contributed by atoms with van der Waals surface area (Å²) in [5, 5.41) is 3.68. The molecule has 0 fully saturated rings. The Kier molecular flexibility index (Phi) is 5.72. The van der Waals surface area contributed by atoms with Crippen LogP contribution in [-0.2, 0) is 17.6 Å². The topological polar surface area (TPSA) is 42.2 Å². The molecule has 0 aliphatic carbocycles. The van der Waals surface area contributed by atoms with Gasteiger partial charge in [0.2, 0.25) is 5.91 Å². The summed E-state index contributed by atoms with van der Waals surface area (Å²) in [6.45, 7) is 0.652. The second-order valence-corrected chi connectivity index (χ2v) is 7.11. The average Bonchev–Trinajstić information content (AvgIpc) is 3.24. The van der Waals surface area contributed by atoms with Crippen LogP contribution in [0.3, 0.4) is 0 Å². The molecule has 0 bridgehead atoms. The summed E-state index contributed by atoms with van der Waals surface area (Å²) >= 11 is 7.67. The van der Waals surface area contributed by atoms with Gasteiger partial charge in [-0.05, 0) is 48.7 Å². The summed E-state index contributed by atoms with van der Waals surface area (Å²) in [5.74, 6) is 0.0709. The Bertz CT molecular complexity index is 795. The van der Waals surface area contributed by atoms with Gasteiger partial charge in [-0.1, -0.05) is 23.7 Å². The normalized spacial score (nSPS) is 10.7. The molecule has 0 radical (unpaired) electrons. The number of hydrogen-bond donors (Lipinski definition) is 1. The Hall–Kier alpha value is -2.04. The van der Waals surface area contributed by atoms with Crippen LogP contribution in [0.5, 0.6) is 0 Å². The summed E-state index contributed by atoms with van der Waals surface area (Å²) in [4.78, 5) is 14.4. The summed E-state index contributed by atoms with van der Waals surface area (Å²) in [7, 11) is 0. The molecule has 3 nitrogen and oxygen atoms in total. The fraction of sp³-hybridized carbons (Fsp3) is 0.211. The van der Waals surface area contributed by atoms with Gasteiger partial charge in [0.25, 0.3) is 0 Å². The molecule has 2 aromatic heterocycles. The van der Waals surface area contributed by atoms with Crippen molar-refractivity contribution in [3.8, 4) is 10.4 Å². The average molecular weight is 360 g/mol. The van der Waals surface area contributed by atoms with E-state index in [0.29, 0.717) is 24.4 Å². The molecular weight excluding hydrogens is 342 g/mol. The maximum atomic E-state index is 11.9. The molecule has 3 aromatic rings. The first-order valence-electron chi connectivity index (χ1n) is 7.83. The minimum Gasteiger partial charge on any atom is -0.472 e. The lowest BCUT2D eigenvalue weighted by atomic mass is 10.1. The molecule has 0 unspecified atom stereocenters. The number of thiophene rings is 1. The number of carbonyl (C=O) groups excluding carboxylic acids is 1. The highest BCUT2D eigenvalue weighted by Crippen LogP contribution is 2.28. The lowest BCUT2D eigenvalue weighted by Gasteiger charge is -2.05. The van der Waals surface area contributed by atoms with Crippen LogP contribution in [0.15, 0.2) is 59.4 Å². The van der Waals surface area contributed by atoms with Gasteiger partial charge in [0.15, 0.2) is 0 Å². The molecule has 1 amide bonds. The molecule has 2 heterocycles. The highest BCUT2D eigenvalue weighted by molar-refractivity contribution is 7.15. The largest absolute Gasteiger partial charge is 0.472 e. The third-order valence-electron chi connectivity index (χ3n) is 3.69. The summed E-state index contributed by atoms with van der Waals surface area (Å²) in [6.07, 6.45) is 5.44. The molecule has 0 atom stereocenters. The zero-order chi connectivity index (χ0) is 16.8. The van der Waals surface area contributed by atoms with E-state index in [-0.39, 0.29) is 5.91 Å². The quantitative estimate of drug-likeness (QED) is 0.648. The summed E-state index contributed by atoms with van der Waals surface area (Å²) < 4.78 is 5.10. The maximum Gasteiger partial charge on any atom is 0.220 e. The van der Waals surface area contributed by atoms with E-state index in [9.17, 15) is 4.79 Å². The van der Waals surface area contributed by atoms with Crippen LogP contribution in [0.25, 0.3) is 10.4 Å². The van der Waals surface area contributed by atoms with E-state index in [1.165, 1.54) is 9.75 Å². The lowest BCUT2D eigenvalue weighted by molar-refractivity contribution is -0.121. The van der Waals surface area contributed by atoms with E-state index in [4.69, 9.17) is 16.0 Å². The van der Waals surface area contributed by atoms with E-state index in [1.807, 2.05) is 30.3 Å². The Morgan fingerprint density at radius 2 is 2.08 bits per heavy atom. The van der Waals surface area contributed by atoms with E-state index in [0.717, 1.165) is 17.5 Å². The number of benzene rings is 1. The molecule has 0 aliphatic heterocycles. The molecule has 124 valence electrons. The number of amides is 1. The van der Waals surface area contributed by atoms with Crippen molar-refractivity contribution in [3.05, 3.63) is 70.5 Å². The van der Waals surface area contributed by atoms with Crippen molar-refractivity contribution < 1.29 is 9.21 Å². The van der Waals surface area contributed by atoms with Gasteiger partial charge in [0.1, 0.15) is 0 Å². The Morgan fingerprint density at radius 1 is 1.17 bits per heavy atom. The molecule has 3 rings (SSSR count). The molecular formula is C19H18ClNO2S. The van der Waals surface area contributed by atoms with Crippen LogP contribution in [0.2, 0.25) is 5.02 Å². The molecule has 5 heteroatoms. The lowest BCUT2D eigenvalue weighted by Crippen LogP contribution is -2.25. The molecule has 1 aromatic carbocycles. The van der Waals surface area contributed by atoms with E-state index < -0.39 is 0 Å². The minimum atomic E-state index is 0.0709. The molecule has 0 saturated carbocycles. The number of furan rings is 1. The summed E-state index contributed by atoms with van der Waals surface area (Å²) in [5.41, 5.74) is 2.18. The zero-order valence-corrected chi connectivity index (χ0v) is 14.7. The van der Waals surface area contributed by atoms with Crippen molar-refractivity contribution in [2.45, 2.75) is 19.3 Å². The van der Waals surface area contributed by atoms with Gasteiger partial charge >= 0.3 is 0 Å². The minimum absolute atomic E-state index is 0.0709. The SMILES string of the molecule is O=C(CCc1cccc(Cl)c1)NCCc1ccc(-c2ccoc2)s1. The Balaban J connectivity index is 1.40. The van der Waals surface area contributed by atoms with Crippen LogP contribution < -0.4 is 5.32 Å². The van der Waals surface area contributed by atoms with Gasteiger partial charge in [0, 0.05) is 33.3 Å². The van der Waals surface area contributed by atoms with Crippen LogP contribution in [0.1, 0.15) is 16.9 Å². The Labute approximate surface area is 150 Å². The van der Waals surface area contributed by atoms with E-state index >= 15 is 0 Å². The second kappa shape index (κ2) is 8.18. The maximum absolute atomic E-state index is 11.9. The third-order valence-corrected chi connectivity index (χ3v) is 5.12. The highest BCUT2D eigenvalue weighted by atomic mass is 35.5. The summed E-state index contributed by atoms with van der Waals surface area (Å²) in [6, 6.07) is 13.8. The van der Waals surface area contributed by atoms with Gasteiger partial charge in [0.05, 0.1) is 12.5 Å². The zero-order valence-electron chi connectivity index (χ0n) is 13.1. The van der Waals surface area contributed by atoms with Crippen LogP contribution >= 0.6 is 22.9 Å². The molecule has 1 N–H and O–H groups in total. The van der Waals surface area contributed by atoms with Crippen molar-refractivity contribution in [2.24, 2.45) is 0 Å². The number of hydrogen-bond acceptors (Lipinski definition) is 3. The number of halogens is 1. The first-order valence-corrected chi connectivity index (χ1v) is 9.02. The highest BCUT2D eigenvalue weighted by Gasteiger charge is 2.06.